The lowest BCUT2D eigenvalue weighted by Gasteiger charge is -2.12. The molecule has 0 aliphatic carbocycles. The van der Waals surface area contributed by atoms with E-state index in [0.717, 1.165) is 5.56 Å². The summed E-state index contributed by atoms with van der Waals surface area (Å²) >= 11 is 5.95. The molecule has 0 fully saturated rings. The Morgan fingerprint density at radius 3 is 2.46 bits per heavy atom. The number of carbonyl (C=O) groups excluding carboxylic acids is 2. The Bertz CT molecular complexity index is 912. The fraction of sp³-hybridized carbons (Fsp3) is 0.200. The molecule has 2 amide bonds. The molecular weight excluding hydrogens is 382 g/mol. The second kappa shape index (κ2) is 9.66. The Hall–Kier alpha value is -3.19. The number of ether oxygens (including phenoxy) is 2. The first-order valence-corrected chi connectivity index (χ1v) is 8.75. The van der Waals surface area contributed by atoms with Crippen LogP contribution in [-0.4, -0.2) is 26.0 Å². The van der Waals surface area contributed by atoms with E-state index < -0.39 is 5.91 Å². The molecule has 0 radical (unpaired) electrons. The molecule has 0 spiro atoms. The predicted molar refractivity (Wildman–Crippen MR) is 109 cm³/mol. The summed E-state index contributed by atoms with van der Waals surface area (Å²) in [6.07, 6.45) is 1.33. The Balaban J connectivity index is 1.99. The highest BCUT2D eigenvalue weighted by Crippen LogP contribution is 2.24. The molecule has 3 N–H and O–H groups in total. The first-order valence-electron chi connectivity index (χ1n) is 8.38. The molecule has 0 heterocycles. The van der Waals surface area contributed by atoms with Crippen LogP contribution in [0.3, 0.4) is 0 Å². The van der Waals surface area contributed by atoms with Gasteiger partial charge in [0.25, 0.3) is 5.91 Å². The van der Waals surface area contributed by atoms with Crippen molar-refractivity contribution in [2.24, 2.45) is 0 Å². The van der Waals surface area contributed by atoms with Gasteiger partial charge in [0.1, 0.15) is 11.5 Å². The monoisotopic (exact) mass is 403 g/mol. The second-order valence-electron chi connectivity index (χ2n) is 5.92. The van der Waals surface area contributed by atoms with Crippen LogP contribution in [0.15, 0.2) is 48.2 Å². The lowest BCUT2D eigenvalue weighted by molar-refractivity contribution is -0.112. The summed E-state index contributed by atoms with van der Waals surface area (Å²) in [5.74, 6) is 0.171. The van der Waals surface area contributed by atoms with Crippen LogP contribution in [0.2, 0.25) is 5.02 Å². The molecule has 148 valence electrons. The van der Waals surface area contributed by atoms with E-state index in [2.05, 4.69) is 16.2 Å². The van der Waals surface area contributed by atoms with E-state index in [1.54, 1.807) is 37.3 Å². The van der Waals surface area contributed by atoms with Gasteiger partial charge in [-0.2, -0.15) is 0 Å². The topological polar surface area (TPSA) is 88.7 Å². The van der Waals surface area contributed by atoms with Gasteiger partial charge in [-0.3, -0.25) is 15.0 Å². The molecule has 0 atom stereocenters. The van der Waals surface area contributed by atoms with E-state index in [4.69, 9.17) is 21.1 Å². The van der Waals surface area contributed by atoms with Gasteiger partial charge in [0.05, 0.1) is 19.8 Å². The number of methoxy groups -OCH3 is 2. The van der Waals surface area contributed by atoms with Gasteiger partial charge in [-0.05, 0) is 43.7 Å². The molecule has 7 nitrogen and oxygen atoms in total. The van der Waals surface area contributed by atoms with Crippen LogP contribution in [0.4, 0.5) is 5.69 Å². The van der Waals surface area contributed by atoms with Crippen LogP contribution in [0, 0.1) is 6.92 Å². The Kier molecular flexibility index (Phi) is 7.28. The largest absolute Gasteiger partial charge is 0.497 e. The number of anilines is 1. The van der Waals surface area contributed by atoms with Gasteiger partial charge in [0.2, 0.25) is 5.91 Å². The summed E-state index contributed by atoms with van der Waals surface area (Å²) < 4.78 is 10.3. The van der Waals surface area contributed by atoms with Crippen molar-refractivity contribution in [2.75, 3.05) is 19.5 Å². The van der Waals surface area contributed by atoms with Crippen molar-refractivity contribution in [2.45, 2.75) is 13.8 Å². The number of hydrazine groups is 1. The maximum atomic E-state index is 12.4. The first-order chi connectivity index (χ1) is 13.3. The maximum Gasteiger partial charge on any atom is 0.273 e. The predicted octanol–water partition coefficient (Wildman–Crippen LogP) is 3.44. The minimum Gasteiger partial charge on any atom is -0.497 e. The lowest BCUT2D eigenvalue weighted by atomic mass is 10.2. The maximum absolute atomic E-state index is 12.4. The van der Waals surface area contributed by atoms with Crippen molar-refractivity contribution in [1.82, 2.24) is 10.9 Å². The van der Waals surface area contributed by atoms with E-state index in [9.17, 15) is 9.59 Å². The highest BCUT2D eigenvalue weighted by Gasteiger charge is 2.13. The summed E-state index contributed by atoms with van der Waals surface area (Å²) in [7, 11) is 2.99. The van der Waals surface area contributed by atoms with Crippen LogP contribution < -0.4 is 25.6 Å². The van der Waals surface area contributed by atoms with Crippen LogP contribution in [0.5, 0.6) is 11.5 Å². The highest BCUT2D eigenvalue weighted by molar-refractivity contribution is 6.31. The van der Waals surface area contributed by atoms with E-state index in [1.165, 1.54) is 20.3 Å². The minimum atomic E-state index is -0.418. The van der Waals surface area contributed by atoms with E-state index in [-0.39, 0.29) is 5.91 Å². The van der Waals surface area contributed by atoms with Crippen LogP contribution in [-0.2, 0) is 4.79 Å². The van der Waals surface area contributed by atoms with Crippen molar-refractivity contribution < 1.29 is 19.1 Å². The zero-order valence-corrected chi connectivity index (χ0v) is 16.8. The third-order valence-corrected chi connectivity index (χ3v) is 4.07. The average Bonchev–Trinajstić information content (AvgIpc) is 2.68. The van der Waals surface area contributed by atoms with Crippen molar-refractivity contribution in [3.8, 4) is 11.5 Å². The fourth-order valence-corrected chi connectivity index (χ4v) is 2.51. The van der Waals surface area contributed by atoms with Gasteiger partial charge in [-0.1, -0.05) is 17.7 Å². The Labute approximate surface area is 168 Å². The number of rotatable bonds is 7. The Morgan fingerprint density at radius 2 is 1.79 bits per heavy atom. The van der Waals surface area contributed by atoms with Gasteiger partial charge in [0.15, 0.2) is 0 Å². The van der Waals surface area contributed by atoms with Crippen molar-refractivity contribution in [3.63, 3.8) is 0 Å². The molecule has 0 aliphatic heterocycles. The van der Waals surface area contributed by atoms with Crippen molar-refractivity contribution in [1.29, 1.82) is 0 Å². The molecule has 28 heavy (non-hydrogen) atoms. The zero-order valence-electron chi connectivity index (χ0n) is 16.1. The van der Waals surface area contributed by atoms with Gasteiger partial charge in [0, 0.05) is 28.5 Å². The van der Waals surface area contributed by atoms with Crippen LogP contribution >= 0.6 is 11.6 Å². The number of halogens is 1. The fourth-order valence-electron chi connectivity index (χ4n) is 2.34. The second-order valence-corrected chi connectivity index (χ2v) is 6.36. The number of allylic oxidation sites excluding steroid dienone is 1. The van der Waals surface area contributed by atoms with Gasteiger partial charge < -0.3 is 20.2 Å². The molecule has 0 aromatic heterocycles. The van der Waals surface area contributed by atoms with E-state index in [0.29, 0.717) is 33.5 Å². The Morgan fingerprint density at radius 1 is 1.04 bits per heavy atom. The summed E-state index contributed by atoms with van der Waals surface area (Å²) in [5.41, 5.74) is 7.48. The van der Waals surface area contributed by atoms with Crippen molar-refractivity contribution in [3.05, 3.63) is 64.3 Å². The van der Waals surface area contributed by atoms with E-state index >= 15 is 0 Å². The average molecular weight is 404 g/mol. The number of hydrogen-bond donors (Lipinski definition) is 3. The minimum absolute atomic E-state index is 0.322. The molecule has 0 bridgehead atoms. The summed E-state index contributed by atoms with van der Waals surface area (Å²) in [4.78, 5) is 24.5. The smallest absolute Gasteiger partial charge is 0.273 e. The lowest BCUT2D eigenvalue weighted by Crippen LogP contribution is -2.36. The quantitative estimate of drug-likeness (QED) is 0.486. The van der Waals surface area contributed by atoms with Gasteiger partial charge in [-0.25, -0.2) is 0 Å². The first kappa shape index (κ1) is 21.1. The molecule has 0 saturated heterocycles. The number of amides is 2. The number of nitrogens with one attached hydrogen (secondary N) is 3. The summed E-state index contributed by atoms with van der Waals surface area (Å²) in [5, 5.41) is 3.27. The molecule has 0 aliphatic rings. The molecular formula is C20H22ClN3O4. The van der Waals surface area contributed by atoms with Gasteiger partial charge >= 0.3 is 0 Å². The van der Waals surface area contributed by atoms with Crippen LogP contribution in [0.25, 0.3) is 0 Å². The van der Waals surface area contributed by atoms with Gasteiger partial charge in [-0.15, -0.1) is 0 Å². The third-order valence-electron chi connectivity index (χ3n) is 3.83. The molecule has 2 aromatic rings. The third kappa shape index (κ3) is 5.65. The molecule has 2 aromatic carbocycles. The SMILES string of the molecule is COc1ccc(C(=O)NNC(C)=CC(=O)Nc2cc(Cl)ccc2C)c(OC)c1. The number of hydrogen-bond acceptors (Lipinski definition) is 5. The number of benzene rings is 2. The van der Waals surface area contributed by atoms with Crippen molar-refractivity contribution >= 4 is 29.1 Å². The summed E-state index contributed by atoms with van der Waals surface area (Å²) in [6, 6.07) is 10.1. The number of aryl methyl sites for hydroxylation is 1. The highest BCUT2D eigenvalue weighted by atomic mass is 35.5. The number of carbonyl (C=O) groups is 2. The standard InChI is InChI=1S/C20H22ClN3O4/c1-12-5-6-14(21)10-17(12)22-19(25)9-13(2)23-24-20(26)16-8-7-15(27-3)11-18(16)28-4/h5-11,23H,1-4H3,(H,22,25)(H,24,26). The molecule has 0 saturated carbocycles. The normalized spacial score (nSPS) is 10.8. The van der Waals surface area contributed by atoms with Crippen LogP contribution in [0.1, 0.15) is 22.8 Å². The molecule has 2 rings (SSSR count). The van der Waals surface area contributed by atoms with E-state index in [1.807, 2.05) is 13.0 Å². The molecule has 8 heteroatoms. The zero-order chi connectivity index (χ0) is 20.7. The molecule has 0 unspecified atom stereocenters. The summed E-state index contributed by atoms with van der Waals surface area (Å²) in [6.45, 7) is 3.51.